The van der Waals surface area contributed by atoms with Crippen molar-refractivity contribution >= 4 is 33.4 Å². The van der Waals surface area contributed by atoms with Crippen LogP contribution in [0.2, 0.25) is 0 Å². The molecular weight excluding hydrogens is 460 g/mol. The third-order valence-corrected chi connectivity index (χ3v) is 6.75. The Bertz CT molecular complexity index is 1620. The monoisotopic (exact) mass is 486 g/mol. The second-order valence-corrected chi connectivity index (χ2v) is 9.37. The van der Waals surface area contributed by atoms with Gasteiger partial charge in [-0.3, -0.25) is 4.79 Å². The van der Waals surface area contributed by atoms with Gasteiger partial charge in [0, 0.05) is 6.42 Å². The zero-order valence-electron chi connectivity index (χ0n) is 19.9. The van der Waals surface area contributed by atoms with Crippen LogP contribution in [0, 0.1) is 13.8 Å². The highest BCUT2D eigenvalue weighted by atomic mass is 32.1. The van der Waals surface area contributed by atoms with Crippen LogP contribution in [0.1, 0.15) is 23.1 Å². The van der Waals surface area contributed by atoms with Crippen molar-refractivity contribution < 1.29 is 14.2 Å². The molecule has 5 aromatic rings. The number of ether oxygens (including phenoxy) is 3. The summed E-state index contributed by atoms with van der Waals surface area (Å²) >= 11 is 1.38. The molecule has 2 heterocycles. The molecule has 0 bridgehead atoms. The molecule has 0 atom stereocenters. The van der Waals surface area contributed by atoms with Crippen molar-refractivity contribution in [1.82, 2.24) is 9.38 Å². The number of methoxy groups -OCH3 is 1. The molecule has 35 heavy (non-hydrogen) atoms. The molecule has 0 amide bonds. The number of imidazole rings is 1. The topological polar surface area (TPSA) is 62.1 Å². The largest absolute Gasteiger partial charge is 0.493 e. The standard InChI is InChI=1S/C28H26N2O4S/c1-18-9-10-19(2)24(15-18)34-14-6-13-33-23-12-11-20(16-25(23)32-3)17-26-27(31)30-22-8-5-4-7-21(22)29-28(30)35-26/h4-5,7-12,15-17H,6,13-14H2,1-3H3. The number of rotatable bonds is 8. The van der Waals surface area contributed by atoms with Gasteiger partial charge in [0.25, 0.3) is 5.56 Å². The summed E-state index contributed by atoms with van der Waals surface area (Å²) in [6, 6.07) is 19.5. The molecule has 6 nitrogen and oxygen atoms in total. The third kappa shape index (κ3) is 4.72. The predicted molar refractivity (Wildman–Crippen MR) is 140 cm³/mol. The van der Waals surface area contributed by atoms with E-state index in [-0.39, 0.29) is 5.56 Å². The van der Waals surface area contributed by atoms with E-state index in [1.54, 1.807) is 11.5 Å². The van der Waals surface area contributed by atoms with Crippen molar-refractivity contribution in [3.05, 3.63) is 92.2 Å². The van der Waals surface area contributed by atoms with Crippen molar-refractivity contribution in [2.45, 2.75) is 20.3 Å². The van der Waals surface area contributed by atoms with Crippen LogP contribution in [-0.4, -0.2) is 29.7 Å². The van der Waals surface area contributed by atoms with Crippen LogP contribution in [0.4, 0.5) is 0 Å². The molecule has 2 aromatic heterocycles. The lowest BCUT2D eigenvalue weighted by atomic mass is 10.1. The first-order valence-electron chi connectivity index (χ1n) is 11.5. The number of fused-ring (bicyclic) bond motifs is 3. The van der Waals surface area contributed by atoms with Gasteiger partial charge in [-0.2, -0.15) is 0 Å². The van der Waals surface area contributed by atoms with Crippen molar-refractivity contribution in [1.29, 1.82) is 0 Å². The van der Waals surface area contributed by atoms with Crippen molar-refractivity contribution in [3.8, 4) is 17.2 Å². The van der Waals surface area contributed by atoms with E-state index in [1.807, 2.05) is 55.5 Å². The number of aryl methyl sites for hydroxylation is 2. The number of hydrogen-bond donors (Lipinski definition) is 0. The summed E-state index contributed by atoms with van der Waals surface area (Å²) in [5, 5.41) is 0. The van der Waals surface area contributed by atoms with E-state index in [1.165, 1.54) is 16.9 Å². The van der Waals surface area contributed by atoms with Gasteiger partial charge in [-0.1, -0.05) is 41.7 Å². The van der Waals surface area contributed by atoms with Crippen LogP contribution in [0.3, 0.4) is 0 Å². The fourth-order valence-electron chi connectivity index (χ4n) is 3.94. The van der Waals surface area contributed by atoms with Gasteiger partial charge in [0.2, 0.25) is 0 Å². The molecule has 0 saturated carbocycles. The summed E-state index contributed by atoms with van der Waals surface area (Å²) < 4.78 is 19.7. The summed E-state index contributed by atoms with van der Waals surface area (Å²) in [4.78, 5) is 18.3. The molecule has 0 spiro atoms. The minimum Gasteiger partial charge on any atom is -0.493 e. The number of para-hydroxylation sites is 2. The van der Waals surface area contributed by atoms with Crippen molar-refractivity contribution in [2.75, 3.05) is 20.3 Å². The van der Waals surface area contributed by atoms with Gasteiger partial charge in [-0.15, -0.1) is 0 Å². The Hall–Kier alpha value is -3.84. The molecule has 0 saturated heterocycles. The molecule has 0 unspecified atom stereocenters. The van der Waals surface area contributed by atoms with Crippen LogP contribution < -0.4 is 24.3 Å². The van der Waals surface area contributed by atoms with Gasteiger partial charge in [0.1, 0.15) is 5.75 Å². The second kappa shape index (κ2) is 9.80. The lowest BCUT2D eigenvalue weighted by Gasteiger charge is -2.13. The fraction of sp³-hybridized carbons (Fsp3) is 0.214. The van der Waals surface area contributed by atoms with Gasteiger partial charge in [-0.25, -0.2) is 9.38 Å². The number of nitrogens with zero attached hydrogens (tertiary/aromatic N) is 2. The van der Waals surface area contributed by atoms with E-state index in [0.717, 1.165) is 34.3 Å². The second-order valence-electron chi connectivity index (χ2n) is 8.36. The molecule has 5 rings (SSSR count). The Morgan fingerprint density at radius 2 is 1.74 bits per heavy atom. The summed E-state index contributed by atoms with van der Waals surface area (Å²) in [5.41, 5.74) is 4.74. The Morgan fingerprint density at radius 1 is 0.943 bits per heavy atom. The number of benzene rings is 3. The van der Waals surface area contributed by atoms with E-state index in [0.29, 0.717) is 34.2 Å². The number of thiazole rings is 1. The maximum Gasteiger partial charge on any atom is 0.274 e. The molecular formula is C28H26N2O4S. The molecule has 0 fully saturated rings. The molecule has 0 aliphatic heterocycles. The highest BCUT2D eigenvalue weighted by molar-refractivity contribution is 7.15. The van der Waals surface area contributed by atoms with E-state index in [2.05, 4.69) is 30.1 Å². The summed E-state index contributed by atoms with van der Waals surface area (Å²) in [6.07, 6.45) is 2.60. The number of hydrogen-bond acceptors (Lipinski definition) is 6. The third-order valence-electron chi connectivity index (χ3n) is 5.78. The number of aromatic nitrogens is 2. The molecule has 0 radical (unpaired) electrons. The zero-order chi connectivity index (χ0) is 24.4. The van der Waals surface area contributed by atoms with E-state index < -0.39 is 0 Å². The fourth-order valence-corrected chi connectivity index (χ4v) is 4.93. The van der Waals surface area contributed by atoms with Crippen molar-refractivity contribution in [2.24, 2.45) is 0 Å². The molecule has 0 aliphatic rings. The Labute approximate surface area is 207 Å². The summed E-state index contributed by atoms with van der Waals surface area (Å²) in [6.45, 7) is 5.17. The van der Waals surface area contributed by atoms with E-state index in [9.17, 15) is 4.79 Å². The summed E-state index contributed by atoms with van der Waals surface area (Å²) in [7, 11) is 1.61. The van der Waals surface area contributed by atoms with Gasteiger partial charge < -0.3 is 14.2 Å². The Kier molecular flexibility index (Phi) is 6.42. The molecule has 7 heteroatoms. The lowest BCUT2D eigenvalue weighted by molar-refractivity contribution is 0.239. The minimum absolute atomic E-state index is 0.0677. The maximum atomic E-state index is 13.0. The van der Waals surface area contributed by atoms with Gasteiger partial charge in [0.15, 0.2) is 16.5 Å². The van der Waals surface area contributed by atoms with Crippen LogP contribution in [-0.2, 0) is 0 Å². The van der Waals surface area contributed by atoms with Gasteiger partial charge >= 0.3 is 0 Å². The summed E-state index contributed by atoms with van der Waals surface area (Å²) in [5.74, 6) is 2.19. The average molecular weight is 487 g/mol. The first-order chi connectivity index (χ1) is 17.0. The highest BCUT2D eigenvalue weighted by Gasteiger charge is 2.11. The van der Waals surface area contributed by atoms with Gasteiger partial charge in [-0.05, 0) is 66.9 Å². The smallest absolute Gasteiger partial charge is 0.274 e. The molecule has 178 valence electrons. The Morgan fingerprint density at radius 3 is 2.57 bits per heavy atom. The Balaban J connectivity index is 1.28. The first-order valence-corrected chi connectivity index (χ1v) is 12.3. The molecule has 0 N–H and O–H groups in total. The average Bonchev–Trinajstić information content (AvgIpc) is 3.37. The van der Waals surface area contributed by atoms with Crippen molar-refractivity contribution in [3.63, 3.8) is 0 Å². The quantitative estimate of drug-likeness (QED) is 0.291. The van der Waals surface area contributed by atoms with Crippen LogP contribution in [0.5, 0.6) is 17.2 Å². The van der Waals surface area contributed by atoms with Crippen LogP contribution >= 0.6 is 11.3 Å². The maximum absolute atomic E-state index is 13.0. The zero-order valence-corrected chi connectivity index (χ0v) is 20.7. The van der Waals surface area contributed by atoms with Crippen LogP contribution in [0.15, 0.2) is 65.5 Å². The van der Waals surface area contributed by atoms with Gasteiger partial charge in [0.05, 0.1) is 35.9 Å². The highest BCUT2D eigenvalue weighted by Crippen LogP contribution is 2.28. The minimum atomic E-state index is -0.0677. The lowest BCUT2D eigenvalue weighted by Crippen LogP contribution is -2.22. The first kappa shape index (κ1) is 22.9. The normalized spacial score (nSPS) is 11.9. The van der Waals surface area contributed by atoms with E-state index >= 15 is 0 Å². The molecule has 3 aromatic carbocycles. The molecule has 0 aliphatic carbocycles. The SMILES string of the molecule is COc1cc(C=c2sc3nc4ccccc4n3c2=O)ccc1OCCCOc1cc(C)ccc1C. The predicted octanol–water partition coefficient (Wildman–Crippen LogP) is 4.93. The van der Waals surface area contributed by atoms with E-state index in [4.69, 9.17) is 14.2 Å². The van der Waals surface area contributed by atoms with Crippen LogP contribution in [0.25, 0.3) is 22.1 Å².